The zero-order valence-electron chi connectivity index (χ0n) is 38.0. The molecule has 2 atom stereocenters. The van der Waals surface area contributed by atoms with Gasteiger partial charge in [-0.15, -0.1) is 0 Å². The number of benzene rings is 5. The molecule has 6 aromatic rings. The number of aromatic hydroxyl groups is 1. The summed E-state index contributed by atoms with van der Waals surface area (Å²) in [6, 6.07) is 31.2. The van der Waals surface area contributed by atoms with Gasteiger partial charge in [0.2, 0.25) is 11.2 Å². The average molecular weight is 962 g/mol. The summed E-state index contributed by atoms with van der Waals surface area (Å²) in [6.07, 6.45) is -2.92. The molecule has 2 heterocycles. The Bertz CT molecular complexity index is 2900. The fourth-order valence-corrected chi connectivity index (χ4v) is 9.44. The summed E-state index contributed by atoms with van der Waals surface area (Å²) in [5, 5.41) is 52.2. The predicted octanol–water partition coefficient (Wildman–Crippen LogP) is 6.31. The molecule has 17 heteroatoms. The second-order valence-corrected chi connectivity index (χ2v) is 18.1. The molecule has 70 heavy (non-hydrogen) atoms. The maximum Gasteiger partial charge on any atom is 0.416 e. The summed E-state index contributed by atoms with van der Waals surface area (Å²) < 4.78 is 48.5. The molecular weight excluding hydrogens is 908 g/mol. The number of aliphatic hydroxyl groups excluding tert-OH is 1. The summed E-state index contributed by atoms with van der Waals surface area (Å²) in [5.41, 5.74) is -1.49. The van der Waals surface area contributed by atoms with Gasteiger partial charge in [-0.1, -0.05) is 78.9 Å². The number of carboxylic acids is 1. The van der Waals surface area contributed by atoms with Crippen LogP contribution in [0.1, 0.15) is 81.1 Å². The van der Waals surface area contributed by atoms with E-state index in [0.29, 0.717) is 36.1 Å². The molecular formula is C53H54F3N5O9. The minimum Gasteiger partial charge on any atom is -0.506 e. The second kappa shape index (κ2) is 21.3. The van der Waals surface area contributed by atoms with Gasteiger partial charge in [0.15, 0.2) is 6.61 Å². The highest BCUT2D eigenvalue weighted by molar-refractivity contribution is 5.95. The molecule has 1 saturated carbocycles. The van der Waals surface area contributed by atoms with Gasteiger partial charge in [0, 0.05) is 59.9 Å². The number of alkyl halides is 3. The van der Waals surface area contributed by atoms with Gasteiger partial charge in [-0.25, -0.2) is 4.79 Å². The summed E-state index contributed by atoms with van der Waals surface area (Å²) >= 11 is 0. The number of pyridine rings is 1. The Morgan fingerprint density at radius 1 is 0.814 bits per heavy atom. The van der Waals surface area contributed by atoms with Gasteiger partial charge in [-0.3, -0.25) is 19.3 Å². The number of carbonyl (C=O) groups excluding carboxylic acids is 2. The van der Waals surface area contributed by atoms with E-state index in [1.54, 1.807) is 24.3 Å². The lowest BCUT2D eigenvalue weighted by Gasteiger charge is -2.36. The standard InChI is InChI=1S/C53H54F3N5O9/c54-53(55,56)44-24-35(13-14-36(44)28-57-29-46(63)41-15-17-45(62)49-42(41)16-18-47(64)60-49)50(66)59-39-26-38(27-39)58-48(65)31-70-40-11-6-10-37(25-40)52(69,51(67)68)43-12-5-4-9-34(43)23-32-19-21-61(22-20-32)30-33-7-2-1-3-8-33/h1-18,24-25,32,38-39,46,57,62-63,69H,19-23,26-31H2,(H,58,65)(H,59,66)(H,60,64)(H,67,68)/t38?,39?,46-,52?/m0/s1. The third-order valence-corrected chi connectivity index (χ3v) is 13.2. The van der Waals surface area contributed by atoms with Crippen LogP contribution in [0.25, 0.3) is 10.9 Å². The molecule has 1 aliphatic heterocycles. The molecule has 1 saturated heterocycles. The van der Waals surface area contributed by atoms with E-state index in [-0.39, 0.29) is 58.4 Å². The number of aliphatic carboxylic acids is 1. The van der Waals surface area contributed by atoms with Crippen molar-refractivity contribution in [3.05, 3.63) is 176 Å². The zero-order chi connectivity index (χ0) is 49.6. The van der Waals surface area contributed by atoms with Crippen LogP contribution in [0, 0.1) is 5.92 Å². The van der Waals surface area contributed by atoms with Crippen molar-refractivity contribution in [2.45, 2.75) is 75.2 Å². The molecule has 1 aliphatic carbocycles. The minimum absolute atomic E-state index is 0.0612. The summed E-state index contributed by atoms with van der Waals surface area (Å²) in [5.74, 6) is -2.41. The number of halogens is 3. The average Bonchev–Trinajstić information content (AvgIpc) is 3.33. The van der Waals surface area contributed by atoms with Crippen LogP contribution in [-0.2, 0) is 40.9 Å². The first-order chi connectivity index (χ1) is 33.5. The number of nitrogens with one attached hydrogen (secondary N) is 4. The SMILES string of the molecule is O=C(COc1cccc(C(O)(C(=O)O)c2ccccc2CC2CCN(Cc3ccccc3)CC2)c1)NC1CC(NC(=O)c2ccc(CNC[C@H](O)c3ccc(O)c4[nH]c(=O)ccc34)c(C(F)(F)F)c2)C1. The van der Waals surface area contributed by atoms with Crippen molar-refractivity contribution in [3.63, 3.8) is 0 Å². The van der Waals surface area contributed by atoms with Crippen LogP contribution in [0.15, 0.2) is 126 Å². The zero-order valence-corrected chi connectivity index (χ0v) is 38.0. The van der Waals surface area contributed by atoms with E-state index in [1.165, 1.54) is 54.1 Å². The second-order valence-electron chi connectivity index (χ2n) is 18.1. The van der Waals surface area contributed by atoms with Gasteiger partial charge in [-0.05, 0) is 110 Å². The fraction of sp³-hybridized carbons (Fsp3) is 0.321. The Morgan fingerprint density at radius 3 is 2.29 bits per heavy atom. The molecule has 1 aromatic heterocycles. The normalized spacial score (nSPS) is 17.8. The number of phenolic OH excluding ortho intramolecular Hbond substituents is 1. The lowest BCUT2D eigenvalue weighted by atomic mass is 9.80. The number of likely N-dealkylation sites (tertiary alicyclic amines) is 1. The van der Waals surface area contributed by atoms with Crippen molar-refractivity contribution in [1.82, 2.24) is 25.8 Å². The van der Waals surface area contributed by atoms with Crippen molar-refractivity contribution in [2.75, 3.05) is 26.2 Å². The molecule has 8 N–H and O–H groups in total. The Kier molecular flexibility index (Phi) is 15.0. The monoisotopic (exact) mass is 961 g/mol. The molecule has 2 amide bonds. The van der Waals surface area contributed by atoms with Gasteiger partial charge < -0.3 is 46.1 Å². The first-order valence-electron chi connectivity index (χ1n) is 23.1. The van der Waals surface area contributed by atoms with E-state index in [9.17, 15) is 52.8 Å². The molecule has 14 nitrogen and oxygen atoms in total. The highest BCUT2D eigenvalue weighted by atomic mass is 19.4. The number of carbonyl (C=O) groups is 3. The number of hydrogen-bond acceptors (Lipinski definition) is 10. The maximum atomic E-state index is 14.2. The number of hydrogen-bond donors (Lipinski definition) is 8. The number of aromatic nitrogens is 1. The Morgan fingerprint density at radius 2 is 1.54 bits per heavy atom. The number of phenols is 1. The van der Waals surface area contributed by atoms with Gasteiger partial charge in [0.05, 0.1) is 17.2 Å². The molecule has 0 bridgehead atoms. The summed E-state index contributed by atoms with van der Waals surface area (Å²) in [6.45, 7) is 1.79. The molecule has 2 aliphatic rings. The third kappa shape index (κ3) is 11.5. The van der Waals surface area contributed by atoms with Crippen molar-refractivity contribution in [1.29, 1.82) is 0 Å². The number of ether oxygens (including phenoxy) is 1. The van der Waals surface area contributed by atoms with E-state index < -0.39 is 59.4 Å². The van der Waals surface area contributed by atoms with Crippen LogP contribution in [0.5, 0.6) is 11.5 Å². The number of fused-ring (bicyclic) bond motifs is 1. The Hall–Kier alpha value is -7.05. The number of piperidine rings is 1. The highest BCUT2D eigenvalue weighted by Crippen LogP contribution is 2.37. The number of H-pyrrole nitrogens is 1. The predicted molar refractivity (Wildman–Crippen MR) is 254 cm³/mol. The first kappa shape index (κ1) is 49.4. The molecule has 366 valence electrons. The topological polar surface area (TPSA) is 214 Å². The minimum atomic E-state index is -4.80. The Labute approximate surface area is 401 Å². The van der Waals surface area contributed by atoms with Crippen molar-refractivity contribution in [3.8, 4) is 11.5 Å². The van der Waals surface area contributed by atoms with E-state index >= 15 is 0 Å². The van der Waals surface area contributed by atoms with Crippen LogP contribution in [0.2, 0.25) is 0 Å². The van der Waals surface area contributed by atoms with Crippen LogP contribution in [0.4, 0.5) is 13.2 Å². The fourth-order valence-electron chi connectivity index (χ4n) is 9.44. The van der Waals surface area contributed by atoms with E-state index in [4.69, 9.17) is 4.74 Å². The van der Waals surface area contributed by atoms with Gasteiger partial charge in [0.25, 0.3) is 11.8 Å². The summed E-state index contributed by atoms with van der Waals surface area (Å²) in [4.78, 5) is 55.6. The largest absolute Gasteiger partial charge is 0.506 e. The smallest absolute Gasteiger partial charge is 0.416 e. The van der Waals surface area contributed by atoms with Crippen LogP contribution in [0.3, 0.4) is 0 Å². The van der Waals surface area contributed by atoms with Crippen molar-refractivity contribution >= 4 is 28.7 Å². The highest BCUT2D eigenvalue weighted by Gasteiger charge is 2.42. The number of aromatic amines is 1. The third-order valence-electron chi connectivity index (χ3n) is 13.2. The van der Waals surface area contributed by atoms with E-state index in [1.807, 2.05) is 30.3 Å². The number of aliphatic hydroxyl groups is 2. The van der Waals surface area contributed by atoms with Gasteiger partial charge in [-0.2, -0.15) is 13.2 Å². The van der Waals surface area contributed by atoms with Gasteiger partial charge in [0.1, 0.15) is 11.5 Å². The van der Waals surface area contributed by atoms with Crippen LogP contribution >= 0.6 is 0 Å². The van der Waals surface area contributed by atoms with E-state index in [2.05, 4.69) is 38.0 Å². The Balaban J connectivity index is 0.810. The number of amides is 2. The number of nitrogens with zero attached hydrogens (tertiary/aromatic N) is 1. The quantitative estimate of drug-likeness (QED) is 0.0479. The van der Waals surface area contributed by atoms with Gasteiger partial charge >= 0.3 is 12.1 Å². The molecule has 0 spiro atoms. The molecule has 8 rings (SSSR count). The van der Waals surface area contributed by atoms with Crippen molar-refractivity contribution < 1.29 is 52.7 Å². The van der Waals surface area contributed by atoms with Crippen LogP contribution in [-0.4, -0.2) is 86.4 Å². The lowest BCUT2D eigenvalue weighted by Crippen LogP contribution is -2.54. The molecule has 0 radical (unpaired) electrons. The van der Waals surface area contributed by atoms with Crippen molar-refractivity contribution in [2.24, 2.45) is 5.92 Å². The lowest BCUT2D eigenvalue weighted by molar-refractivity contribution is -0.155. The maximum absolute atomic E-state index is 14.2. The van der Waals surface area contributed by atoms with Crippen LogP contribution < -0.4 is 26.2 Å². The first-order valence-corrected chi connectivity index (χ1v) is 23.1. The number of rotatable bonds is 18. The molecule has 2 fully saturated rings. The number of carboxylic acid groups (broad SMARTS) is 1. The van der Waals surface area contributed by atoms with E-state index in [0.717, 1.165) is 44.1 Å². The molecule has 5 aromatic carbocycles. The molecule has 1 unspecified atom stereocenters. The summed E-state index contributed by atoms with van der Waals surface area (Å²) in [7, 11) is 0.